The predicted molar refractivity (Wildman–Crippen MR) is 58.1 cm³/mol. The molecule has 0 bridgehead atoms. The van der Waals surface area contributed by atoms with Crippen LogP contribution in [-0.4, -0.2) is 19.8 Å². The quantitative estimate of drug-likeness (QED) is 0.616. The third kappa shape index (κ3) is 4.33. The lowest BCUT2D eigenvalue weighted by Gasteiger charge is -2.15. The molecule has 0 aliphatic heterocycles. The molecular weight excluding hydrogens is 233 g/mol. The van der Waals surface area contributed by atoms with Crippen molar-refractivity contribution in [1.82, 2.24) is 5.43 Å². The third-order valence-corrected chi connectivity index (χ3v) is 2.34. The molecule has 0 saturated heterocycles. The van der Waals surface area contributed by atoms with Crippen LogP contribution in [0.5, 0.6) is 0 Å². The number of hydrogen-bond donors (Lipinski definition) is 2. The summed E-state index contributed by atoms with van der Waals surface area (Å²) in [7, 11) is 1.51. The summed E-state index contributed by atoms with van der Waals surface area (Å²) in [5, 5.41) is 0. The van der Waals surface area contributed by atoms with Gasteiger partial charge in [-0.25, -0.2) is 0 Å². The molecule has 0 heterocycles. The minimum atomic E-state index is -4.32. The molecule has 6 heteroatoms. The van der Waals surface area contributed by atoms with Crippen LogP contribution in [-0.2, 0) is 17.3 Å². The van der Waals surface area contributed by atoms with Crippen molar-refractivity contribution >= 4 is 0 Å². The number of hydrogen-bond acceptors (Lipinski definition) is 3. The molecule has 1 aromatic rings. The lowest BCUT2D eigenvalue weighted by molar-refractivity contribution is -0.137. The third-order valence-electron chi connectivity index (χ3n) is 2.34. The van der Waals surface area contributed by atoms with Crippen molar-refractivity contribution in [2.24, 2.45) is 5.84 Å². The molecule has 1 atom stereocenters. The maximum absolute atomic E-state index is 12.5. The average molecular weight is 248 g/mol. The summed E-state index contributed by atoms with van der Waals surface area (Å²) in [6.07, 6.45) is -3.93. The first-order valence-electron chi connectivity index (χ1n) is 5.08. The SMILES string of the molecule is COCC(Cc1cccc(C(F)(F)F)c1)NN. The number of nitrogens with one attached hydrogen (secondary N) is 1. The number of alkyl halides is 3. The highest BCUT2D eigenvalue weighted by Crippen LogP contribution is 2.29. The summed E-state index contributed by atoms with van der Waals surface area (Å²) in [5.74, 6) is 5.28. The maximum atomic E-state index is 12.5. The molecule has 0 spiro atoms. The van der Waals surface area contributed by atoms with E-state index in [2.05, 4.69) is 5.43 Å². The number of hydrazine groups is 1. The fraction of sp³-hybridized carbons (Fsp3) is 0.455. The highest BCUT2D eigenvalue weighted by atomic mass is 19.4. The van der Waals surface area contributed by atoms with E-state index in [-0.39, 0.29) is 6.04 Å². The van der Waals surface area contributed by atoms with E-state index in [4.69, 9.17) is 10.6 Å². The molecule has 0 aliphatic rings. The van der Waals surface area contributed by atoms with Gasteiger partial charge in [-0.2, -0.15) is 13.2 Å². The van der Waals surface area contributed by atoms with Gasteiger partial charge in [0.25, 0.3) is 0 Å². The van der Waals surface area contributed by atoms with E-state index < -0.39 is 11.7 Å². The summed E-state index contributed by atoms with van der Waals surface area (Å²) in [6, 6.07) is 4.99. The van der Waals surface area contributed by atoms with Crippen molar-refractivity contribution in [2.75, 3.05) is 13.7 Å². The summed E-state index contributed by atoms with van der Waals surface area (Å²) in [6.45, 7) is 0.340. The number of rotatable bonds is 5. The van der Waals surface area contributed by atoms with Gasteiger partial charge < -0.3 is 4.74 Å². The molecule has 3 nitrogen and oxygen atoms in total. The molecule has 0 amide bonds. The van der Waals surface area contributed by atoms with E-state index in [9.17, 15) is 13.2 Å². The Kier molecular flexibility index (Phi) is 4.92. The second kappa shape index (κ2) is 6.00. The fourth-order valence-corrected chi connectivity index (χ4v) is 1.53. The van der Waals surface area contributed by atoms with Gasteiger partial charge in [-0.05, 0) is 18.1 Å². The van der Waals surface area contributed by atoms with Gasteiger partial charge in [-0.15, -0.1) is 0 Å². The number of benzene rings is 1. The zero-order valence-corrected chi connectivity index (χ0v) is 9.42. The van der Waals surface area contributed by atoms with E-state index in [0.29, 0.717) is 18.6 Å². The average Bonchev–Trinajstić information content (AvgIpc) is 2.28. The Balaban J connectivity index is 2.78. The van der Waals surface area contributed by atoms with Gasteiger partial charge in [0.2, 0.25) is 0 Å². The minimum Gasteiger partial charge on any atom is -0.383 e. The Morgan fingerprint density at radius 1 is 1.41 bits per heavy atom. The zero-order chi connectivity index (χ0) is 12.9. The van der Waals surface area contributed by atoms with Gasteiger partial charge in [0.1, 0.15) is 0 Å². The smallest absolute Gasteiger partial charge is 0.383 e. The summed E-state index contributed by atoms with van der Waals surface area (Å²) in [4.78, 5) is 0. The van der Waals surface area contributed by atoms with Crippen LogP contribution >= 0.6 is 0 Å². The van der Waals surface area contributed by atoms with Gasteiger partial charge in [-0.3, -0.25) is 11.3 Å². The number of nitrogens with two attached hydrogens (primary N) is 1. The molecule has 3 N–H and O–H groups in total. The van der Waals surface area contributed by atoms with E-state index in [1.165, 1.54) is 13.2 Å². The Hall–Kier alpha value is -1.11. The van der Waals surface area contributed by atoms with Crippen molar-refractivity contribution in [3.8, 4) is 0 Å². The molecule has 1 unspecified atom stereocenters. The van der Waals surface area contributed by atoms with E-state index in [1.54, 1.807) is 6.07 Å². The second-order valence-corrected chi connectivity index (χ2v) is 3.72. The van der Waals surface area contributed by atoms with Crippen molar-refractivity contribution < 1.29 is 17.9 Å². The van der Waals surface area contributed by atoms with Crippen LogP contribution in [0, 0.1) is 0 Å². The first kappa shape index (κ1) is 14.0. The Labute approximate surface area is 97.7 Å². The second-order valence-electron chi connectivity index (χ2n) is 3.72. The van der Waals surface area contributed by atoms with E-state index >= 15 is 0 Å². The number of halogens is 3. The largest absolute Gasteiger partial charge is 0.416 e. The van der Waals surface area contributed by atoms with Crippen molar-refractivity contribution in [3.63, 3.8) is 0 Å². The number of ether oxygens (including phenoxy) is 1. The highest BCUT2D eigenvalue weighted by molar-refractivity contribution is 5.26. The molecule has 17 heavy (non-hydrogen) atoms. The van der Waals surface area contributed by atoms with E-state index in [1.807, 2.05) is 0 Å². The normalized spacial score (nSPS) is 13.7. The number of methoxy groups -OCH3 is 1. The van der Waals surface area contributed by atoms with Crippen LogP contribution in [0.1, 0.15) is 11.1 Å². The fourth-order valence-electron chi connectivity index (χ4n) is 1.53. The van der Waals surface area contributed by atoms with Crippen LogP contribution in [0.15, 0.2) is 24.3 Å². The Bertz CT molecular complexity index is 355. The maximum Gasteiger partial charge on any atom is 0.416 e. The topological polar surface area (TPSA) is 47.3 Å². The van der Waals surface area contributed by atoms with Crippen molar-refractivity contribution in [3.05, 3.63) is 35.4 Å². The van der Waals surface area contributed by atoms with Crippen LogP contribution in [0.3, 0.4) is 0 Å². The van der Waals surface area contributed by atoms with Crippen molar-refractivity contribution in [2.45, 2.75) is 18.6 Å². The van der Waals surface area contributed by atoms with Gasteiger partial charge in [0, 0.05) is 13.2 Å². The van der Waals surface area contributed by atoms with E-state index in [0.717, 1.165) is 12.1 Å². The molecule has 0 saturated carbocycles. The summed E-state index contributed by atoms with van der Waals surface area (Å²) >= 11 is 0. The molecule has 0 radical (unpaired) electrons. The summed E-state index contributed by atoms with van der Waals surface area (Å²) < 4.78 is 42.3. The van der Waals surface area contributed by atoms with Crippen molar-refractivity contribution in [1.29, 1.82) is 0 Å². The molecule has 0 fully saturated rings. The van der Waals surface area contributed by atoms with Gasteiger partial charge in [0.15, 0.2) is 0 Å². The monoisotopic (exact) mass is 248 g/mol. The lowest BCUT2D eigenvalue weighted by atomic mass is 10.0. The molecular formula is C11H15F3N2O. The minimum absolute atomic E-state index is 0.205. The first-order chi connectivity index (χ1) is 7.97. The molecule has 1 aromatic carbocycles. The molecule has 0 aliphatic carbocycles. The standard InChI is InChI=1S/C11H15F3N2O/c1-17-7-10(16-15)6-8-3-2-4-9(5-8)11(12,13)14/h2-5,10,16H,6-7,15H2,1H3. The Morgan fingerprint density at radius 2 is 2.12 bits per heavy atom. The predicted octanol–water partition coefficient (Wildman–Crippen LogP) is 1.73. The van der Waals surface area contributed by atoms with Crippen LogP contribution < -0.4 is 11.3 Å². The summed E-state index contributed by atoms with van der Waals surface area (Å²) in [5.41, 5.74) is 2.42. The highest BCUT2D eigenvalue weighted by Gasteiger charge is 2.30. The Morgan fingerprint density at radius 3 is 2.65 bits per heavy atom. The zero-order valence-electron chi connectivity index (χ0n) is 9.42. The molecule has 0 aromatic heterocycles. The van der Waals surface area contributed by atoms with Crippen LogP contribution in [0.2, 0.25) is 0 Å². The van der Waals surface area contributed by atoms with Gasteiger partial charge in [0.05, 0.1) is 12.2 Å². The first-order valence-corrected chi connectivity index (χ1v) is 5.08. The van der Waals surface area contributed by atoms with Gasteiger partial charge in [-0.1, -0.05) is 18.2 Å². The molecule has 1 rings (SSSR count). The van der Waals surface area contributed by atoms with Crippen LogP contribution in [0.4, 0.5) is 13.2 Å². The van der Waals surface area contributed by atoms with Crippen LogP contribution in [0.25, 0.3) is 0 Å². The molecule has 96 valence electrons. The lowest BCUT2D eigenvalue weighted by Crippen LogP contribution is -2.40. The van der Waals surface area contributed by atoms with Gasteiger partial charge >= 0.3 is 6.18 Å².